The Bertz CT molecular complexity index is 442. The zero-order chi connectivity index (χ0) is 13.0. The topological polar surface area (TPSA) is 33.6 Å². The number of benzene rings is 1. The molecule has 0 spiro atoms. The first-order chi connectivity index (χ1) is 8.76. The van der Waals surface area contributed by atoms with Crippen LogP contribution >= 0.6 is 0 Å². The molecule has 0 aliphatic carbocycles. The van der Waals surface area contributed by atoms with Crippen LogP contribution in [0.15, 0.2) is 29.8 Å². The number of ether oxygens (including phenoxy) is 1. The fraction of sp³-hybridized carbons (Fsp3) is 0.400. The van der Waals surface area contributed by atoms with Gasteiger partial charge in [-0.2, -0.15) is 0 Å². The van der Waals surface area contributed by atoms with Gasteiger partial charge in [0.2, 0.25) is 0 Å². The van der Waals surface area contributed by atoms with Gasteiger partial charge in [-0.1, -0.05) is 31.7 Å². The van der Waals surface area contributed by atoms with Crippen molar-refractivity contribution in [2.24, 2.45) is 10.9 Å². The lowest BCUT2D eigenvalue weighted by molar-refractivity contribution is 0.112. The first-order valence-corrected chi connectivity index (χ1v) is 6.35. The third-order valence-electron chi connectivity index (χ3n) is 3.39. The number of nitrogens with zero attached hydrogens (tertiary/aromatic N) is 1. The first kappa shape index (κ1) is 12.8. The molecular formula is C15H20N2O. The highest BCUT2D eigenvalue weighted by Gasteiger charge is 2.23. The normalized spacial score (nSPS) is 23.4. The summed E-state index contributed by atoms with van der Waals surface area (Å²) >= 11 is 0. The summed E-state index contributed by atoms with van der Waals surface area (Å²) in [6.45, 7) is 11.6. The van der Waals surface area contributed by atoms with Gasteiger partial charge >= 0.3 is 0 Å². The Kier molecular flexibility index (Phi) is 4.15. The SMILES string of the molecule is C=Cc1cccc(OC2CCNCC2C)c1N=C. The number of rotatable bonds is 4. The molecular weight excluding hydrogens is 224 g/mol. The van der Waals surface area contributed by atoms with E-state index in [1.165, 1.54) is 0 Å². The molecule has 1 saturated heterocycles. The first-order valence-electron chi connectivity index (χ1n) is 6.35. The zero-order valence-electron chi connectivity index (χ0n) is 10.9. The van der Waals surface area contributed by atoms with Crippen LogP contribution in [0.2, 0.25) is 0 Å². The quantitative estimate of drug-likeness (QED) is 0.826. The molecule has 0 aromatic heterocycles. The van der Waals surface area contributed by atoms with Crippen molar-refractivity contribution in [3.05, 3.63) is 30.3 Å². The van der Waals surface area contributed by atoms with E-state index in [4.69, 9.17) is 4.74 Å². The van der Waals surface area contributed by atoms with E-state index in [1.807, 2.05) is 18.2 Å². The Labute approximate surface area is 109 Å². The Morgan fingerprint density at radius 2 is 2.33 bits per heavy atom. The van der Waals surface area contributed by atoms with E-state index >= 15 is 0 Å². The van der Waals surface area contributed by atoms with Crippen molar-refractivity contribution < 1.29 is 4.74 Å². The lowest BCUT2D eigenvalue weighted by Crippen LogP contribution is -2.41. The van der Waals surface area contributed by atoms with Crippen molar-refractivity contribution in [3.63, 3.8) is 0 Å². The van der Waals surface area contributed by atoms with Gasteiger partial charge in [0.25, 0.3) is 0 Å². The molecule has 2 rings (SSSR count). The smallest absolute Gasteiger partial charge is 0.145 e. The van der Waals surface area contributed by atoms with Gasteiger partial charge in [-0.15, -0.1) is 0 Å². The van der Waals surface area contributed by atoms with Crippen LogP contribution in [0.3, 0.4) is 0 Å². The predicted molar refractivity (Wildman–Crippen MR) is 76.8 cm³/mol. The lowest BCUT2D eigenvalue weighted by Gasteiger charge is -2.30. The Hall–Kier alpha value is -1.61. The fourth-order valence-corrected chi connectivity index (χ4v) is 2.30. The van der Waals surface area contributed by atoms with Gasteiger partial charge in [-0.05, 0) is 25.7 Å². The third kappa shape index (κ3) is 2.62. The van der Waals surface area contributed by atoms with E-state index in [0.717, 1.165) is 36.5 Å². The second-order valence-electron chi connectivity index (χ2n) is 4.68. The predicted octanol–water partition coefficient (Wildman–Crippen LogP) is 3.04. The van der Waals surface area contributed by atoms with E-state index < -0.39 is 0 Å². The second-order valence-corrected chi connectivity index (χ2v) is 4.68. The maximum absolute atomic E-state index is 6.11. The summed E-state index contributed by atoms with van der Waals surface area (Å²) in [7, 11) is 0. The third-order valence-corrected chi connectivity index (χ3v) is 3.39. The number of nitrogens with one attached hydrogen (secondary N) is 1. The number of hydrogen-bond acceptors (Lipinski definition) is 3. The van der Waals surface area contributed by atoms with Crippen LogP contribution in [-0.2, 0) is 0 Å². The van der Waals surface area contributed by atoms with Crippen LogP contribution in [0.4, 0.5) is 5.69 Å². The minimum Gasteiger partial charge on any atom is -0.488 e. The van der Waals surface area contributed by atoms with Gasteiger partial charge in [0.1, 0.15) is 17.5 Å². The average Bonchev–Trinajstić information content (AvgIpc) is 2.41. The molecule has 0 saturated carbocycles. The summed E-state index contributed by atoms with van der Waals surface area (Å²) in [5.41, 5.74) is 1.75. The molecule has 1 fully saturated rings. The van der Waals surface area contributed by atoms with Crippen LogP contribution in [0.5, 0.6) is 5.75 Å². The van der Waals surface area contributed by atoms with E-state index in [1.54, 1.807) is 6.08 Å². The van der Waals surface area contributed by atoms with Gasteiger partial charge in [0.15, 0.2) is 0 Å². The molecule has 2 unspecified atom stereocenters. The lowest BCUT2D eigenvalue weighted by atomic mass is 9.98. The van der Waals surface area contributed by atoms with Crippen molar-refractivity contribution in [3.8, 4) is 5.75 Å². The molecule has 1 N–H and O–H groups in total. The average molecular weight is 244 g/mol. The summed E-state index contributed by atoms with van der Waals surface area (Å²) in [5, 5.41) is 3.37. The number of aliphatic imine (C=N–C) groups is 1. The molecule has 18 heavy (non-hydrogen) atoms. The fourth-order valence-electron chi connectivity index (χ4n) is 2.30. The van der Waals surface area contributed by atoms with Gasteiger partial charge in [-0.25, -0.2) is 0 Å². The molecule has 96 valence electrons. The van der Waals surface area contributed by atoms with Crippen LogP contribution in [0, 0.1) is 5.92 Å². The molecule has 1 aromatic carbocycles. The highest BCUT2D eigenvalue weighted by molar-refractivity contribution is 5.70. The minimum absolute atomic E-state index is 0.242. The largest absolute Gasteiger partial charge is 0.488 e. The number of piperidine rings is 1. The summed E-state index contributed by atoms with van der Waals surface area (Å²) in [6, 6.07) is 5.88. The van der Waals surface area contributed by atoms with E-state index in [-0.39, 0.29) is 6.10 Å². The number of hydrogen-bond donors (Lipinski definition) is 1. The van der Waals surface area contributed by atoms with Gasteiger partial charge in [-0.3, -0.25) is 4.99 Å². The second kappa shape index (κ2) is 5.83. The summed E-state index contributed by atoms with van der Waals surface area (Å²) in [4.78, 5) is 4.07. The number of para-hydroxylation sites is 1. The molecule has 0 amide bonds. The molecule has 2 atom stereocenters. The van der Waals surface area contributed by atoms with Gasteiger partial charge in [0.05, 0.1) is 0 Å². The van der Waals surface area contributed by atoms with Crippen molar-refractivity contribution in [2.45, 2.75) is 19.4 Å². The van der Waals surface area contributed by atoms with Crippen LogP contribution in [0.1, 0.15) is 18.9 Å². The molecule has 1 aliphatic heterocycles. The molecule has 1 aromatic rings. The summed E-state index contributed by atoms with van der Waals surface area (Å²) in [6.07, 6.45) is 3.05. The van der Waals surface area contributed by atoms with E-state index in [9.17, 15) is 0 Å². The van der Waals surface area contributed by atoms with E-state index in [2.05, 4.69) is 30.5 Å². The molecule has 0 radical (unpaired) electrons. The summed E-state index contributed by atoms with van der Waals surface area (Å²) in [5.74, 6) is 1.31. The zero-order valence-corrected chi connectivity index (χ0v) is 10.9. The van der Waals surface area contributed by atoms with Crippen LogP contribution in [0.25, 0.3) is 6.08 Å². The molecule has 3 heteroatoms. The van der Waals surface area contributed by atoms with Crippen molar-refractivity contribution in [1.82, 2.24) is 5.32 Å². The molecule has 3 nitrogen and oxygen atoms in total. The Morgan fingerprint density at radius 1 is 1.50 bits per heavy atom. The highest BCUT2D eigenvalue weighted by Crippen LogP contribution is 2.34. The van der Waals surface area contributed by atoms with Gasteiger partial charge in [0, 0.05) is 18.0 Å². The molecule has 1 aliphatic rings. The maximum atomic E-state index is 6.11. The maximum Gasteiger partial charge on any atom is 0.145 e. The molecule has 0 bridgehead atoms. The Balaban J connectivity index is 2.22. The van der Waals surface area contributed by atoms with Crippen molar-refractivity contribution in [2.75, 3.05) is 13.1 Å². The molecule has 1 heterocycles. The van der Waals surface area contributed by atoms with Crippen molar-refractivity contribution in [1.29, 1.82) is 0 Å². The van der Waals surface area contributed by atoms with E-state index in [0.29, 0.717) is 5.92 Å². The van der Waals surface area contributed by atoms with Crippen LogP contribution < -0.4 is 10.1 Å². The minimum atomic E-state index is 0.242. The summed E-state index contributed by atoms with van der Waals surface area (Å²) < 4.78 is 6.11. The van der Waals surface area contributed by atoms with Crippen LogP contribution in [-0.4, -0.2) is 25.9 Å². The van der Waals surface area contributed by atoms with Gasteiger partial charge < -0.3 is 10.1 Å². The van der Waals surface area contributed by atoms with Crippen molar-refractivity contribution >= 4 is 18.5 Å². The highest BCUT2D eigenvalue weighted by atomic mass is 16.5. The Morgan fingerprint density at radius 3 is 3.00 bits per heavy atom. The monoisotopic (exact) mass is 244 g/mol. The standard InChI is InChI=1S/C15H20N2O/c1-4-12-6-5-7-14(15(12)16-3)18-13-8-9-17-10-11(13)2/h4-7,11,13,17H,1,3,8-10H2,2H3.